The SMILES string of the molecule is CC(C)Cc1c(Cl)ncnc1Cl.CC(C)Cc1c(Cl)ncnc1N1CCC(c2ccc3c(n2)NCCC3)CC1.c1cc2c(nc1C1CCNCC1)NCCC2. The Kier molecular flexibility index (Phi) is 15.2. The summed E-state index contributed by atoms with van der Waals surface area (Å²) in [5, 5.41) is 11.8. The van der Waals surface area contributed by atoms with Gasteiger partial charge in [0.05, 0.1) is 0 Å². The first-order valence-electron chi connectivity index (χ1n) is 20.2. The minimum Gasteiger partial charge on any atom is -0.370 e. The molecule has 10 nitrogen and oxygen atoms in total. The molecule has 55 heavy (non-hydrogen) atoms. The van der Waals surface area contributed by atoms with Crippen molar-refractivity contribution in [2.24, 2.45) is 11.8 Å². The molecule has 0 saturated carbocycles. The fraction of sp³-hybridized carbons (Fsp3) is 0.571. The summed E-state index contributed by atoms with van der Waals surface area (Å²) in [6, 6.07) is 9.01. The number of hydrogen-bond donors (Lipinski definition) is 3. The summed E-state index contributed by atoms with van der Waals surface area (Å²) in [5.74, 6) is 5.46. The van der Waals surface area contributed by atoms with E-state index in [4.69, 9.17) is 44.8 Å². The number of anilines is 3. The molecule has 0 aliphatic carbocycles. The fourth-order valence-electron chi connectivity index (χ4n) is 7.83. The van der Waals surface area contributed by atoms with Crippen molar-refractivity contribution in [2.75, 3.05) is 54.8 Å². The van der Waals surface area contributed by atoms with Gasteiger partial charge in [0.1, 0.15) is 45.6 Å². The molecule has 0 unspecified atom stereocenters. The first-order valence-corrected chi connectivity index (χ1v) is 21.4. The maximum atomic E-state index is 6.39. The molecule has 0 spiro atoms. The van der Waals surface area contributed by atoms with Crippen LogP contribution in [0.1, 0.15) is 112 Å². The number of pyridine rings is 2. The number of halogens is 3. The molecule has 13 heteroatoms. The van der Waals surface area contributed by atoms with Crippen LogP contribution >= 0.6 is 34.8 Å². The summed E-state index contributed by atoms with van der Waals surface area (Å²) in [6.07, 6.45) is 14.1. The largest absolute Gasteiger partial charge is 0.370 e. The van der Waals surface area contributed by atoms with E-state index < -0.39 is 0 Å². The second kappa shape index (κ2) is 20.2. The molecule has 4 aliphatic heterocycles. The summed E-state index contributed by atoms with van der Waals surface area (Å²) in [6.45, 7) is 15.0. The lowest BCUT2D eigenvalue weighted by atomic mass is 9.92. The highest BCUT2D eigenvalue weighted by molar-refractivity contribution is 6.34. The number of nitrogens with zero attached hydrogens (tertiary/aromatic N) is 7. The van der Waals surface area contributed by atoms with Gasteiger partial charge in [-0.15, -0.1) is 0 Å². The predicted molar refractivity (Wildman–Crippen MR) is 227 cm³/mol. The van der Waals surface area contributed by atoms with Crippen LogP contribution in [0.2, 0.25) is 15.5 Å². The first kappa shape index (κ1) is 41.3. The molecule has 4 aliphatic rings. The van der Waals surface area contributed by atoms with Crippen molar-refractivity contribution >= 4 is 52.3 Å². The quantitative estimate of drug-likeness (QED) is 0.156. The molecule has 0 radical (unpaired) electrons. The molecule has 296 valence electrons. The third-order valence-electron chi connectivity index (χ3n) is 10.7. The highest BCUT2D eigenvalue weighted by Crippen LogP contribution is 2.34. The van der Waals surface area contributed by atoms with Crippen LogP contribution in [0, 0.1) is 11.8 Å². The summed E-state index contributed by atoms with van der Waals surface area (Å²) in [4.78, 5) is 28.6. The topological polar surface area (TPSA) is 117 Å². The van der Waals surface area contributed by atoms with Crippen molar-refractivity contribution in [3.63, 3.8) is 0 Å². The number of aryl methyl sites for hydroxylation is 2. The van der Waals surface area contributed by atoms with Gasteiger partial charge in [0.25, 0.3) is 0 Å². The second-order valence-electron chi connectivity index (χ2n) is 15.9. The van der Waals surface area contributed by atoms with Crippen molar-refractivity contribution in [3.8, 4) is 0 Å². The van der Waals surface area contributed by atoms with E-state index in [0.29, 0.717) is 39.1 Å². The van der Waals surface area contributed by atoms with E-state index >= 15 is 0 Å². The molecule has 8 heterocycles. The van der Waals surface area contributed by atoms with E-state index in [-0.39, 0.29) is 0 Å². The minimum atomic E-state index is 0.462. The standard InChI is InChI=1S/C21H28ClN5.C13H19N3.C8H10Cl2N2/c1-14(2)12-17-19(22)24-13-25-21(17)27-10-7-15(8-11-27)18-6-5-16-4-3-9-23-20(16)26-18;1-2-11-3-4-12(16-13(11)15-7-1)10-5-8-14-9-6-10;1-5(2)3-6-7(9)11-4-12-8(6)10/h5-6,13-15H,3-4,7-12H2,1-2H3,(H,23,26);3-4,10,14H,1-2,5-9H2,(H,15,16);4-5H,3H2,1-2H3. The molecule has 3 N–H and O–H groups in total. The third-order valence-corrected chi connectivity index (χ3v) is 11.7. The monoisotopic (exact) mass is 806 g/mol. The third kappa shape index (κ3) is 11.4. The van der Waals surface area contributed by atoms with Gasteiger partial charge in [0.2, 0.25) is 0 Å². The van der Waals surface area contributed by atoms with Gasteiger partial charge < -0.3 is 20.9 Å². The molecule has 0 amide bonds. The summed E-state index contributed by atoms with van der Waals surface area (Å²) in [5.41, 5.74) is 7.19. The lowest BCUT2D eigenvalue weighted by Crippen LogP contribution is -2.34. The predicted octanol–water partition coefficient (Wildman–Crippen LogP) is 9.35. The van der Waals surface area contributed by atoms with E-state index in [1.807, 2.05) is 0 Å². The summed E-state index contributed by atoms with van der Waals surface area (Å²) >= 11 is 18.1. The van der Waals surface area contributed by atoms with Crippen molar-refractivity contribution in [3.05, 3.63) is 86.0 Å². The van der Waals surface area contributed by atoms with E-state index in [9.17, 15) is 0 Å². The molecule has 0 atom stereocenters. The van der Waals surface area contributed by atoms with Gasteiger partial charge in [0, 0.05) is 60.5 Å². The molecule has 0 aromatic carbocycles. The van der Waals surface area contributed by atoms with Crippen LogP contribution < -0.4 is 20.9 Å². The summed E-state index contributed by atoms with van der Waals surface area (Å²) < 4.78 is 0. The highest BCUT2D eigenvalue weighted by atomic mass is 35.5. The van der Waals surface area contributed by atoms with Gasteiger partial charge in [-0.2, -0.15) is 0 Å². The smallest absolute Gasteiger partial charge is 0.137 e. The zero-order valence-corrected chi connectivity index (χ0v) is 35.1. The molecular formula is C42H57Cl3N10. The van der Waals surface area contributed by atoms with Gasteiger partial charge in [0.15, 0.2) is 0 Å². The van der Waals surface area contributed by atoms with Crippen molar-refractivity contribution in [2.45, 2.75) is 104 Å². The lowest BCUT2D eigenvalue weighted by molar-refractivity contribution is 0.453. The lowest BCUT2D eigenvalue weighted by Gasteiger charge is -2.34. The average Bonchev–Trinajstić information content (AvgIpc) is 3.20. The van der Waals surface area contributed by atoms with Gasteiger partial charge in [-0.3, -0.25) is 0 Å². The van der Waals surface area contributed by atoms with E-state index in [0.717, 1.165) is 100.0 Å². The Balaban J connectivity index is 0.000000155. The molecule has 4 aromatic rings. The van der Waals surface area contributed by atoms with E-state index in [1.165, 1.54) is 60.9 Å². The molecule has 2 saturated heterocycles. The zero-order valence-electron chi connectivity index (χ0n) is 32.9. The van der Waals surface area contributed by atoms with Gasteiger partial charge in [-0.05, 0) is 112 Å². The summed E-state index contributed by atoms with van der Waals surface area (Å²) in [7, 11) is 0. The van der Waals surface area contributed by atoms with Crippen LogP contribution in [0.25, 0.3) is 0 Å². The Labute approximate surface area is 342 Å². The Morgan fingerprint density at radius 3 is 1.62 bits per heavy atom. The highest BCUT2D eigenvalue weighted by Gasteiger charge is 2.26. The number of piperidine rings is 2. The number of fused-ring (bicyclic) bond motifs is 2. The first-order chi connectivity index (χ1) is 26.7. The van der Waals surface area contributed by atoms with Crippen LogP contribution in [0.3, 0.4) is 0 Å². The molecular weight excluding hydrogens is 751 g/mol. The van der Waals surface area contributed by atoms with Gasteiger partial charge >= 0.3 is 0 Å². The van der Waals surface area contributed by atoms with Crippen LogP contribution in [0.15, 0.2) is 36.9 Å². The molecule has 4 aromatic heterocycles. The second-order valence-corrected chi connectivity index (χ2v) is 17.0. The average molecular weight is 808 g/mol. The van der Waals surface area contributed by atoms with E-state index in [1.54, 1.807) is 6.33 Å². The Bertz CT molecular complexity index is 1820. The van der Waals surface area contributed by atoms with Crippen LogP contribution in [-0.4, -0.2) is 69.2 Å². The Morgan fingerprint density at radius 1 is 0.618 bits per heavy atom. The van der Waals surface area contributed by atoms with E-state index in [2.05, 4.69) is 92.7 Å². The van der Waals surface area contributed by atoms with Gasteiger partial charge in [-0.1, -0.05) is 74.6 Å². The number of nitrogens with one attached hydrogen (secondary N) is 3. The minimum absolute atomic E-state index is 0.462. The van der Waals surface area contributed by atoms with Crippen molar-refractivity contribution in [1.29, 1.82) is 0 Å². The maximum absolute atomic E-state index is 6.39. The normalized spacial score (nSPS) is 17.2. The molecule has 8 rings (SSSR count). The number of hydrogen-bond acceptors (Lipinski definition) is 10. The number of rotatable bonds is 7. The Hall–Kier alpha value is -3.31. The number of aromatic nitrogens is 6. The van der Waals surface area contributed by atoms with Crippen molar-refractivity contribution in [1.82, 2.24) is 35.2 Å². The fourth-order valence-corrected chi connectivity index (χ4v) is 8.51. The van der Waals surface area contributed by atoms with Crippen LogP contribution in [0.5, 0.6) is 0 Å². The van der Waals surface area contributed by atoms with Crippen LogP contribution in [-0.2, 0) is 25.7 Å². The molecule has 0 bridgehead atoms. The zero-order chi connectivity index (χ0) is 38.7. The molecule has 2 fully saturated rings. The van der Waals surface area contributed by atoms with Crippen molar-refractivity contribution < 1.29 is 0 Å². The maximum Gasteiger partial charge on any atom is 0.137 e. The Morgan fingerprint density at radius 2 is 1.09 bits per heavy atom. The van der Waals surface area contributed by atoms with Gasteiger partial charge in [-0.25, -0.2) is 29.9 Å². The van der Waals surface area contributed by atoms with Crippen LogP contribution in [0.4, 0.5) is 17.5 Å².